The van der Waals surface area contributed by atoms with Gasteiger partial charge in [0.1, 0.15) is 0 Å². The summed E-state index contributed by atoms with van der Waals surface area (Å²) in [5, 5.41) is 10.7. The van der Waals surface area contributed by atoms with Crippen molar-refractivity contribution < 1.29 is 9.59 Å². The number of amides is 2. The van der Waals surface area contributed by atoms with Gasteiger partial charge in [-0.15, -0.1) is 11.3 Å². The Hall–Kier alpha value is -2.19. The minimum absolute atomic E-state index is 0.0684. The molecule has 4 rings (SSSR count). The van der Waals surface area contributed by atoms with E-state index in [0.717, 1.165) is 56.0 Å². The third-order valence-corrected chi connectivity index (χ3v) is 6.70. The summed E-state index contributed by atoms with van der Waals surface area (Å²) in [7, 11) is 1.64. The third-order valence-electron chi connectivity index (χ3n) is 5.52. The minimum Gasteiger partial charge on any atom is -0.354 e. The summed E-state index contributed by atoms with van der Waals surface area (Å²) >= 11 is 1.49. The Morgan fingerprint density at radius 2 is 2.21 bits per heavy atom. The number of aromatic nitrogens is 2. The fourth-order valence-electron chi connectivity index (χ4n) is 4.06. The van der Waals surface area contributed by atoms with Crippen molar-refractivity contribution in [1.82, 2.24) is 25.3 Å². The number of nitrogens with zero attached hydrogens (tertiary/aromatic N) is 3. The molecule has 2 aliphatic heterocycles. The molecule has 2 amide bonds. The molecule has 150 valence electrons. The first-order chi connectivity index (χ1) is 13.7. The first-order valence-electron chi connectivity index (χ1n) is 10.0. The van der Waals surface area contributed by atoms with Crippen LogP contribution in [0.15, 0.2) is 18.2 Å². The molecule has 0 aliphatic carbocycles. The van der Waals surface area contributed by atoms with Crippen LogP contribution in [0.25, 0.3) is 0 Å². The van der Waals surface area contributed by atoms with E-state index in [9.17, 15) is 9.59 Å². The van der Waals surface area contributed by atoms with Gasteiger partial charge in [0, 0.05) is 44.4 Å². The number of carbonyl (C=O) groups is 2. The van der Waals surface area contributed by atoms with Crippen LogP contribution >= 0.6 is 11.3 Å². The smallest absolute Gasteiger partial charge is 0.261 e. The second kappa shape index (κ2) is 8.45. The van der Waals surface area contributed by atoms with Crippen molar-refractivity contribution in [2.24, 2.45) is 0 Å². The van der Waals surface area contributed by atoms with E-state index in [1.165, 1.54) is 17.0 Å². The lowest BCUT2D eigenvalue weighted by Crippen LogP contribution is -2.30. The van der Waals surface area contributed by atoms with Crippen molar-refractivity contribution in [2.45, 2.75) is 51.2 Å². The molecule has 7 nitrogen and oxygen atoms in total. The number of fused-ring (bicyclic) bond motifs is 1. The Balaban J connectivity index is 1.38. The van der Waals surface area contributed by atoms with Crippen molar-refractivity contribution in [3.8, 4) is 0 Å². The molecule has 0 aromatic carbocycles. The molecule has 2 aliphatic rings. The van der Waals surface area contributed by atoms with E-state index < -0.39 is 0 Å². The van der Waals surface area contributed by atoms with Gasteiger partial charge < -0.3 is 15.5 Å². The molecule has 4 heterocycles. The quantitative estimate of drug-likeness (QED) is 0.804. The maximum Gasteiger partial charge on any atom is 0.261 e. The van der Waals surface area contributed by atoms with Crippen molar-refractivity contribution >= 4 is 23.2 Å². The van der Waals surface area contributed by atoms with Gasteiger partial charge in [-0.1, -0.05) is 0 Å². The van der Waals surface area contributed by atoms with Crippen LogP contribution in [0.3, 0.4) is 0 Å². The summed E-state index contributed by atoms with van der Waals surface area (Å²) in [4.78, 5) is 28.5. The van der Waals surface area contributed by atoms with E-state index in [1.54, 1.807) is 7.05 Å². The summed E-state index contributed by atoms with van der Waals surface area (Å²) in [6.45, 7) is 3.61. The lowest BCUT2D eigenvalue weighted by molar-refractivity contribution is -0.132. The van der Waals surface area contributed by atoms with Gasteiger partial charge in [0.2, 0.25) is 5.91 Å². The van der Waals surface area contributed by atoms with Gasteiger partial charge in [0.05, 0.1) is 22.3 Å². The number of hydrogen-bond acceptors (Lipinski definition) is 5. The van der Waals surface area contributed by atoms with E-state index in [1.807, 2.05) is 17.0 Å². The number of thiophene rings is 1. The molecule has 0 saturated carbocycles. The highest BCUT2D eigenvalue weighted by Gasteiger charge is 2.31. The van der Waals surface area contributed by atoms with Gasteiger partial charge in [-0.05, 0) is 44.0 Å². The van der Waals surface area contributed by atoms with Gasteiger partial charge in [-0.25, -0.2) is 0 Å². The molecule has 1 saturated heterocycles. The summed E-state index contributed by atoms with van der Waals surface area (Å²) in [5.41, 5.74) is 2.21. The van der Waals surface area contributed by atoms with Gasteiger partial charge in [0.25, 0.3) is 5.91 Å². The van der Waals surface area contributed by atoms with Crippen LogP contribution in [0.1, 0.15) is 57.7 Å². The van der Waals surface area contributed by atoms with Crippen LogP contribution in [0, 0.1) is 0 Å². The fourth-order valence-corrected chi connectivity index (χ4v) is 5.16. The zero-order valence-electron chi connectivity index (χ0n) is 16.2. The number of carbonyl (C=O) groups excluding carboxylic acids is 2. The Bertz CT molecular complexity index is 835. The molecule has 1 unspecified atom stereocenters. The zero-order valence-corrected chi connectivity index (χ0v) is 17.1. The fraction of sp³-hybridized carbons (Fsp3) is 0.550. The minimum atomic E-state index is -0.0684. The van der Waals surface area contributed by atoms with Gasteiger partial charge in [-0.3, -0.25) is 14.3 Å². The molecule has 0 spiro atoms. The number of rotatable bonds is 5. The first-order valence-corrected chi connectivity index (χ1v) is 10.8. The Morgan fingerprint density at radius 1 is 1.32 bits per heavy atom. The standard InChI is InChI=1S/C20H27N5O2S/c1-21-20(27)18-7-6-17(28-18)16-4-2-10-24(16)19(26)8-5-14-12-15-13-22-9-3-11-25(15)23-14/h6-7,12,16,22H,2-5,8-11,13H2,1H3,(H,21,27). The maximum atomic E-state index is 12.9. The largest absolute Gasteiger partial charge is 0.354 e. The Kier molecular flexibility index (Phi) is 5.77. The molecule has 0 bridgehead atoms. The molecule has 0 radical (unpaired) electrons. The number of nitrogens with one attached hydrogen (secondary N) is 2. The lowest BCUT2D eigenvalue weighted by Gasteiger charge is -2.23. The zero-order chi connectivity index (χ0) is 19.5. The van der Waals surface area contributed by atoms with Crippen LogP contribution in [0.2, 0.25) is 0 Å². The highest BCUT2D eigenvalue weighted by Crippen LogP contribution is 2.36. The summed E-state index contributed by atoms with van der Waals surface area (Å²) in [6, 6.07) is 6.07. The highest BCUT2D eigenvalue weighted by atomic mass is 32.1. The van der Waals surface area contributed by atoms with Crippen molar-refractivity contribution in [3.05, 3.63) is 39.3 Å². The number of aryl methyl sites for hydroxylation is 2. The Labute approximate surface area is 169 Å². The van der Waals surface area contributed by atoms with Crippen molar-refractivity contribution in [1.29, 1.82) is 0 Å². The van der Waals surface area contributed by atoms with Crippen LogP contribution in [-0.2, 0) is 24.3 Å². The second-order valence-electron chi connectivity index (χ2n) is 7.41. The van der Waals surface area contributed by atoms with Gasteiger partial charge in [-0.2, -0.15) is 5.10 Å². The molecule has 2 aromatic rings. The Morgan fingerprint density at radius 3 is 3.07 bits per heavy atom. The molecule has 2 N–H and O–H groups in total. The van der Waals surface area contributed by atoms with Crippen LogP contribution in [-0.4, -0.2) is 46.6 Å². The van der Waals surface area contributed by atoms with Gasteiger partial charge >= 0.3 is 0 Å². The van der Waals surface area contributed by atoms with E-state index >= 15 is 0 Å². The summed E-state index contributed by atoms with van der Waals surface area (Å²) in [6.07, 6.45) is 4.21. The summed E-state index contributed by atoms with van der Waals surface area (Å²) in [5.74, 6) is 0.111. The SMILES string of the molecule is CNC(=O)c1ccc(C2CCCN2C(=O)CCc2cc3n(n2)CCCNC3)s1. The van der Waals surface area contributed by atoms with E-state index in [2.05, 4.69) is 26.5 Å². The van der Waals surface area contributed by atoms with Crippen LogP contribution in [0.4, 0.5) is 0 Å². The molecular formula is C20H27N5O2S. The second-order valence-corrected chi connectivity index (χ2v) is 8.52. The molecular weight excluding hydrogens is 374 g/mol. The van der Waals surface area contributed by atoms with E-state index in [0.29, 0.717) is 17.7 Å². The lowest BCUT2D eigenvalue weighted by atomic mass is 10.1. The maximum absolute atomic E-state index is 12.9. The summed E-state index contributed by atoms with van der Waals surface area (Å²) < 4.78 is 2.07. The van der Waals surface area contributed by atoms with Crippen LogP contribution < -0.4 is 10.6 Å². The number of hydrogen-bond donors (Lipinski definition) is 2. The monoisotopic (exact) mass is 401 g/mol. The molecule has 28 heavy (non-hydrogen) atoms. The number of likely N-dealkylation sites (tertiary alicyclic amines) is 1. The topological polar surface area (TPSA) is 79.3 Å². The van der Waals surface area contributed by atoms with Gasteiger partial charge in [0.15, 0.2) is 0 Å². The average molecular weight is 402 g/mol. The predicted octanol–water partition coefficient (Wildman–Crippen LogP) is 2.09. The third kappa shape index (κ3) is 3.98. The van der Waals surface area contributed by atoms with E-state index in [-0.39, 0.29) is 17.9 Å². The normalized spacial score (nSPS) is 19.3. The predicted molar refractivity (Wildman–Crippen MR) is 108 cm³/mol. The van der Waals surface area contributed by atoms with Crippen molar-refractivity contribution in [3.63, 3.8) is 0 Å². The molecule has 2 aromatic heterocycles. The molecule has 8 heteroatoms. The average Bonchev–Trinajstić information content (AvgIpc) is 3.42. The van der Waals surface area contributed by atoms with Crippen LogP contribution in [0.5, 0.6) is 0 Å². The molecule has 1 fully saturated rings. The van der Waals surface area contributed by atoms with E-state index in [4.69, 9.17) is 0 Å². The molecule has 1 atom stereocenters. The highest BCUT2D eigenvalue weighted by molar-refractivity contribution is 7.14. The van der Waals surface area contributed by atoms with Crippen molar-refractivity contribution in [2.75, 3.05) is 20.1 Å². The first kappa shape index (κ1) is 19.1.